The van der Waals surface area contributed by atoms with Crippen LogP contribution in [0.4, 0.5) is 11.6 Å². The molecule has 0 aliphatic heterocycles. The summed E-state index contributed by atoms with van der Waals surface area (Å²) in [5.74, 6) is 2.87. The molecule has 1 aliphatic carbocycles. The van der Waals surface area contributed by atoms with Gasteiger partial charge in [0.25, 0.3) is 0 Å². The van der Waals surface area contributed by atoms with Crippen LogP contribution in [0.15, 0.2) is 18.2 Å². The highest BCUT2D eigenvalue weighted by Crippen LogP contribution is 2.31. The molecule has 1 aliphatic rings. The average Bonchev–Trinajstić information content (AvgIpc) is 3.02. The second kappa shape index (κ2) is 4.31. The molecule has 1 aromatic heterocycles. The van der Waals surface area contributed by atoms with E-state index >= 15 is 0 Å². The standard InChI is InChI=1S/C11H17N3/c1-12-10-3-2-4-11(14-10)13-8-7-9-5-6-9/h2-4,9H,5-8H2,1H3,(H2,12,13,14). The lowest BCUT2D eigenvalue weighted by atomic mass is 10.3. The van der Waals surface area contributed by atoms with E-state index in [9.17, 15) is 0 Å². The molecule has 1 heterocycles. The molecule has 2 rings (SSSR count). The van der Waals surface area contributed by atoms with E-state index in [0.29, 0.717) is 0 Å². The third-order valence-electron chi connectivity index (χ3n) is 2.56. The van der Waals surface area contributed by atoms with Gasteiger partial charge in [0.1, 0.15) is 11.6 Å². The summed E-state index contributed by atoms with van der Waals surface area (Å²) in [7, 11) is 1.89. The lowest BCUT2D eigenvalue weighted by Gasteiger charge is -2.06. The molecule has 1 aromatic rings. The Morgan fingerprint density at radius 2 is 2.14 bits per heavy atom. The van der Waals surface area contributed by atoms with Crippen LogP contribution in [0.1, 0.15) is 19.3 Å². The second-order valence-corrected chi connectivity index (χ2v) is 3.82. The highest BCUT2D eigenvalue weighted by molar-refractivity contribution is 5.44. The van der Waals surface area contributed by atoms with Crippen molar-refractivity contribution in [3.05, 3.63) is 18.2 Å². The number of aromatic nitrogens is 1. The molecule has 0 atom stereocenters. The van der Waals surface area contributed by atoms with Crippen molar-refractivity contribution >= 4 is 11.6 Å². The number of rotatable bonds is 5. The van der Waals surface area contributed by atoms with Crippen molar-refractivity contribution in [2.75, 3.05) is 24.2 Å². The molecule has 0 saturated heterocycles. The van der Waals surface area contributed by atoms with E-state index in [1.165, 1.54) is 19.3 Å². The maximum absolute atomic E-state index is 4.39. The van der Waals surface area contributed by atoms with Gasteiger partial charge in [-0.1, -0.05) is 18.9 Å². The van der Waals surface area contributed by atoms with E-state index in [0.717, 1.165) is 24.1 Å². The first kappa shape index (κ1) is 9.31. The van der Waals surface area contributed by atoms with Crippen molar-refractivity contribution in [2.24, 2.45) is 5.92 Å². The largest absolute Gasteiger partial charge is 0.373 e. The molecule has 0 spiro atoms. The fourth-order valence-corrected chi connectivity index (χ4v) is 1.48. The molecule has 3 nitrogen and oxygen atoms in total. The molecular weight excluding hydrogens is 174 g/mol. The van der Waals surface area contributed by atoms with Gasteiger partial charge < -0.3 is 10.6 Å². The molecule has 0 radical (unpaired) electrons. The first-order valence-electron chi connectivity index (χ1n) is 5.27. The van der Waals surface area contributed by atoms with Crippen molar-refractivity contribution in [1.82, 2.24) is 4.98 Å². The summed E-state index contributed by atoms with van der Waals surface area (Å²) >= 11 is 0. The van der Waals surface area contributed by atoms with Gasteiger partial charge in [-0.3, -0.25) is 0 Å². The van der Waals surface area contributed by atoms with Crippen LogP contribution in [0.25, 0.3) is 0 Å². The lowest BCUT2D eigenvalue weighted by Crippen LogP contribution is -2.04. The number of anilines is 2. The Balaban J connectivity index is 1.81. The molecule has 3 heteroatoms. The third kappa shape index (κ3) is 2.62. The minimum Gasteiger partial charge on any atom is -0.373 e. The second-order valence-electron chi connectivity index (χ2n) is 3.82. The number of nitrogens with zero attached hydrogens (tertiary/aromatic N) is 1. The number of pyridine rings is 1. The van der Waals surface area contributed by atoms with Gasteiger partial charge >= 0.3 is 0 Å². The van der Waals surface area contributed by atoms with E-state index in [4.69, 9.17) is 0 Å². The molecule has 0 aromatic carbocycles. The highest BCUT2D eigenvalue weighted by atomic mass is 15.0. The smallest absolute Gasteiger partial charge is 0.128 e. The first-order valence-corrected chi connectivity index (χ1v) is 5.27. The zero-order valence-electron chi connectivity index (χ0n) is 8.59. The van der Waals surface area contributed by atoms with Crippen LogP contribution in [0, 0.1) is 5.92 Å². The molecule has 0 amide bonds. The van der Waals surface area contributed by atoms with Gasteiger partial charge in [0.2, 0.25) is 0 Å². The van der Waals surface area contributed by atoms with Crippen molar-refractivity contribution in [3.63, 3.8) is 0 Å². The van der Waals surface area contributed by atoms with Gasteiger partial charge in [0.15, 0.2) is 0 Å². The monoisotopic (exact) mass is 191 g/mol. The summed E-state index contributed by atoms with van der Waals surface area (Å²) in [4.78, 5) is 4.39. The molecule has 76 valence electrons. The molecular formula is C11H17N3. The fourth-order valence-electron chi connectivity index (χ4n) is 1.48. The molecule has 2 N–H and O–H groups in total. The van der Waals surface area contributed by atoms with Crippen LogP contribution in [-0.2, 0) is 0 Å². The van der Waals surface area contributed by atoms with E-state index in [2.05, 4.69) is 15.6 Å². The number of nitrogens with one attached hydrogen (secondary N) is 2. The molecule has 0 unspecified atom stereocenters. The van der Waals surface area contributed by atoms with Crippen LogP contribution in [0.3, 0.4) is 0 Å². The Morgan fingerprint density at radius 3 is 2.86 bits per heavy atom. The molecule has 14 heavy (non-hydrogen) atoms. The number of hydrogen-bond acceptors (Lipinski definition) is 3. The van der Waals surface area contributed by atoms with Gasteiger partial charge in [-0.2, -0.15) is 0 Å². The predicted octanol–water partition coefficient (Wildman–Crippen LogP) is 2.34. The maximum atomic E-state index is 4.39. The Labute approximate surface area is 84.9 Å². The zero-order chi connectivity index (χ0) is 9.80. The Kier molecular flexibility index (Phi) is 2.87. The zero-order valence-corrected chi connectivity index (χ0v) is 8.59. The SMILES string of the molecule is CNc1cccc(NCCC2CC2)n1. The van der Waals surface area contributed by atoms with Crippen molar-refractivity contribution < 1.29 is 0 Å². The summed E-state index contributed by atoms with van der Waals surface area (Å²) < 4.78 is 0. The van der Waals surface area contributed by atoms with Gasteiger partial charge in [-0.05, 0) is 24.5 Å². The minimum absolute atomic E-state index is 0.918. The topological polar surface area (TPSA) is 37.0 Å². The van der Waals surface area contributed by atoms with Gasteiger partial charge in [-0.25, -0.2) is 4.98 Å². The quantitative estimate of drug-likeness (QED) is 0.750. The first-order chi connectivity index (χ1) is 6.88. The van der Waals surface area contributed by atoms with Crippen LogP contribution in [0.2, 0.25) is 0 Å². The van der Waals surface area contributed by atoms with Crippen LogP contribution in [-0.4, -0.2) is 18.6 Å². The predicted molar refractivity (Wildman–Crippen MR) is 59.6 cm³/mol. The van der Waals surface area contributed by atoms with Crippen LogP contribution < -0.4 is 10.6 Å². The van der Waals surface area contributed by atoms with E-state index < -0.39 is 0 Å². The average molecular weight is 191 g/mol. The third-order valence-corrected chi connectivity index (χ3v) is 2.56. The summed E-state index contributed by atoms with van der Waals surface area (Å²) in [6.45, 7) is 1.05. The highest BCUT2D eigenvalue weighted by Gasteiger charge is 2.20. The van der Waals surface area contributed by atoms with Gasteiger partial charge in [0.05, 0.1) is 0 Å². The van der Waals surface area contributed by atoms with Crippen molar-refractivity contribution in [2.45, 2.75) is 19.3 Å². The Hall–Kier alpha value is -1.25. The van der Waals surface area contributed by atoms with Gasteiger partial charge in [-0.15, -0.1) is 0 Å². The van der Waals surface area contributed by atoms with Crippen molar-refractivity contribution in [1.29, 1.82) is 0 Å². The molecule has 0 bridgehead atoms. The van der Waals surface area contributed by atoms with Crippen LogP contribution >= 0.6 is 0 Å². The lowest BCUT2D eigenvalue weighted by molar-refractivity contribution is 0.758. The van der Waals surface area contributed by atoms with E-state index in [1.807, 2.05) is 25.2 Å². The Morgan fingerprint density at radius 1 is 1.36 bits per heavy atom. The molecule has 1 saturated carbocycles. The summed E-state index contributed by atoms with van der Waals surface area (Å²) in [5.41, 5.74) is 0. The fraction of sp³-hybridized carbons (Fsp3) is 0.545. The number of hydrogen-bond donors (Lipinski definition) is 2. The van der Waals surface area contributed by atoms with Crippen molar-refractivity contribution in [3.8, 4) is 0 Å². The molecule has 1 fully saturated rings. The maximum Gasteiger partial charge on any atom is 0.128 e. The minimum atomic E-state index is 0.918. The summed E-state index contributed by atoms with van der Waals surface area (Å²) in [6, 6.07) is 5.98. The normalized spacial score (nSPS) is 15.2. The van der Waals surface area contributed by atoms with Gasteiger partial charge in [0, 0.05) is 13.6 Å². The van der Waals surface area contributed by atoms with E-state index in [-0.39, 0.29) is 0 Å². The summed E-state index contributed by atoms with van der Waals surface area (Å²) in [5, 5.41) is 6.37. The van der Waals surface area contributed by atoms with Crippen LogP contribution in [0.5, 0.6) is 0 Å². The van der Waals surface area contributed by atoms with E-state index in [1.54, 1.807) is 0 Å². The summed E-state index contributed by atoms with van der Waals surface area (Å²) in [6.07, 6.45) is 4.13. The Bertz CT molecular complexity index is 294.